The number of amides is 1. The van der Waals surface area contributed by atoms with Crippen molar-refractivity contribution in [3.05, 3.63) is 90.0 Å². The van der Waals surface area contributed by atoms with Gasteiger partial charge in [0.25, 0.3) is 0 Å². The number of aryl methyl sites for hydroxylation is 1. The highest BCUT2D eigenvalue weighted by molar-refractivity contribution is 5.91. The van der Waals surface area contributed by atoms with Gasteiger partial charge >= 0.3 is 0 Å². The molecule has 0 aliphatic carbocycles. The van der Waals surface area contributed by atoms with Crippen LogP contribution in [-0.4, -0.2) is 10.5 Å². The lowest BCUT2D eigenvalue weighted by molar-refractivity contribution is -0.116. The molecule has 3 aromatic rings. The first-order valence-electron chi connectivity index (χ1n) is 7.86. The third-order valence-electron chi connectivity index (χ3n) is 3.92. The number of aromatic nitrogens is 1. The van der Waals surface area contributed by atoms with E-state index in [0.29, 0.717) is 0 Å². The third-order valence-corrected chi connectivity index (χ3v) is 3.92. The van der Waals surface area contributed by atoms with Crippen molar-refractivity contribution in [3.8, 4) is 0 Å². The molecule has 3 rings (SSSR count). The van der Waals surface area contributed by atoms with E-state index in [0.717, 1.165) is 16.8 Å². The Morgan fingerprint density at radius 1 is 1.08 bits per heavy atom. The predicted molar refractivity (Wildman–Crippen MR) is 93.4 cm³/mol. The van der Waals surface area contributed by atoms with Gasteiger partial charge in [-0.25, -0.2) is 4.39 Å². The lowest BCUT2D eigenvalue weighted by Gasteiger charge is -2.19. The molecule has 0 aliphatic rings. The number of hydrogen-bond donors (Lipinski definition) is 1. The molecular weight excluding hydrogens is 303 g/mol. The largest absolute Gasteiger partial charge is 0.346 e. The summed E-state index contributed by atoms with van der Waals surface area (Å²) in [5, 5.41) is 2.93. The summed E-state index contributed by atoms with van der Waals surface area (Å²) in [5.74, 6) is -0.363. The van der Waals surface area contributed by atoms with Crippen LogP contribution in [0.15, 0.2) is 73.1 Å². The molecule has 0 aliphatic heterocycles. The van der Waals surface area contributed by atoms with E-state index in [-0.39, 0.29) is 24.2 Å². The van der Waals surface area contributed by atoms with Crippen LogP contribution in [-0.2, 0) is 4.79 Å². The number of benzene rings is 2. The number of carbonyl (C=O) groups excluding carboxylic acids is 1. The monoisotopic (exact) mass is 322 g/mol. The van der Waals surface area contributed by atoms with Gasteiger partial charge in [0.05, 0.1) is 12.5 Å². The van der Waals surface area contributed by atoms with Gasteiger partial charge in [-0.1, -0.05) is 24.3 Å². The van der Waals surface area contributed by atoms with Crippen LogP contribution in [0.2, 0.25) is 0 Å². The minimum atomic E-state index is -0.283. The number of carbonyl (C=O) groups is 1. The average molecular weight is 322 g/mol. The molecule has 0 bridgehead atoms. The van der Waals surface area contributed by atoms with Crippen molar-refractivity contribution in [2.24, 2.45) is 0 Å². The van der Waals surface area contributed by atoms with Crippen molar-refractivity contribution in [1.82, 2.24) is 4.57 Å². The van der Waals surface area contributed by atoms with Gasteiger partial charge in [-0.05, 0) is 54.4 Å². The summed E-state index contributed by atoms with van der Waals surface area (Å²) < 4.78 is 15.2. The van der Waals surface area contributed by atoms with E-state index < -0.39 is 0 Å². The van der Waals surface area contributed by atoms with Crippen molar-refractivity contribution in [1.29, 1.82) is 0 Å². The summed E-state index contributed by atoms with van der Waals surface area (Å²) in [6.45, 7) is 1.98. The zero-order valence-electron chi connectivity index (χ0n) is 13.4. The number of nitrogens with zero attached hydrogens (tertiary/aromatic N) is 1. The van der Waals surface area contributed by atoms with Crippen LogP contribution in [0.5, 0.6) is 0 Å². The minimum Gasteiger partial charge on any atom is -0.346 e. The van der Waals surface area contributed by atoms with Crippen LogP contribution < -0.4 is 5.32 Å². The first kappa shape index (κ1) is 16.0. The summed E-state index contributed by atoms with van der Waals surface area (Å²) in [6, 6.07) is 17.6. The maximum atomic E-state index is 13.2. The molecule has 122 valence electrons. The molecule has 1 N–H and O–H groups in total. The first-order chi connectivity index (χ1) is 11.6. The first-order valence-corrected chi connectivity index (χ1v) is 7.86. The molecule has 1 aromatic heterocycles. The van der Waals surface area contributed by atoms with Gasteiger partial charge < -0.3 is 9.88 Å². The molecule has 1 unspecified atom stereocenters. The predicted octanol–water partition coefficient (Wildman–Crippen LogP) is 4.55. The van der Waals surface area contributed by atoms with E-state index in [4.69, 9.17) is 0 Å². The second-order valence-electron chi connectivity index (χ2n) is 5.82. The highest BCUT2D eigenvalue weighted by Crippen LogP contribution is 2.23. The van der Waals surface area contributed by atoms with Crippen molar-refractivity contribution >= 4 is 11.6 Å². The number of rotatable bonds is 5. The molecule has 1 atom stereocenters. The fourth-order valence-electron chi connectivity index (χ4n) is 2.75. The number of hydrogen-bond acceptors (Lipinski definition) is 1. The Hall–Kier alpha value is -2.88. The summed E-state index contributed by atoms with van der Waals surface area (Å²) in [4.78, 5) is 12.5. The standard InChI is InChI=1S/C20H19FN2O/c1-15-5-4-6-18(13-15)22-20(24)14-19(23-11-2-3-12-23)16-7-9-17(21)10-8-16/h2-13,19H,14H2,1H3,(H,22,24). The molecule has 0 spiro atoms. The fraction of sp³-hybridized carbons (Fsp3) is 0.150. The maximum Gasteiger partial charge on any atom is 0.226 e. The van der Waals surface area contributed by atoms with Gasteiger partial charge in [-0.15, -0.1) is 0 Å². The van der Waals surface area contributed by atoms with Crippen LogP contribution in [0.25, 0.3) is 0 Å². The molecule has 0 saturated heterocycles. The SMILES string of the molecule is Cc1cccc(NC(=O)CC(c2ccc(F)cc2)n2cccc2)c1. The lowest BCUT2D eigenvalue weighted by atomic mass is 10.0. The summed E-state index contributed by atoms with van der Waals surface area (Å²) >= 11 is 0. The Morgan fingerprint density at radius 2 is 1.79 bits per heavy atom. The zero-order chi connectivity index (χ0) is 16.9. The molecule has 0 radical (unpaired) electrons. The maximum absolute atomic E-state index is 13.2. The summed E-state index contributed by atoms with van der Waals surface area (Å²) in [7, 11) is 0. The molecule has 1 amide bonds. The van der Waals surface area contributed by atoms with E-state index >= 15 is 0 Å². The van der Waals surface area contributed by atoms with Crippen LogP contribution in [0.3, 0.4) is 0 Å². The second kappa shape index (κ2) is 7.13. The van der Waals surface area contributed by atoms with Gasteiger partial charge in [0.1, 0.15) is 5.82 Å². The van der Waals surface area contributed by atoms with Gasteiger partial charge in [0, 0.05) is 18.1 Å². The quantitative estimate of drug-likeness (QED) is 0.734. The third kappa shape index (κ3) is 3.90. The molecule has 0 fully saturated rings. The van der Waals surface area contributed by atoms with E-state index in [1.807, 2.05) is 60.3 Å². The normalized spacial score (nSPS) is 11.9. The van der Waals surface area contributed by atoms with Gasteiger partial charge in [0.15, 0.2) is 0 Å². The van der Waals surface area contributed by atoms with E-state index in [1.165, 1.54) is 12.1 Å². The van der Waals surface area contributed by atoms with Crippen molar-refractivity contribution in [2.45, 2.75) is 19.4 Å². The minimum absolute atomic E-state index is 0.0800. The van der Waals surface area contributed by atoms with Crippen molar-refractivity contribution in [3.63, 3.8) is 0 Å². The molecule has 0 saturated carbocycles. The van der Waals surface area contributed by atoms with E-state index in [9.17, 15) is 9.18 Å². The molecular formula is C20H19FN2O. The van der Waals surface area contributed by atoms with Crippen molar-refractivity contribution < 1.29 is 9.18 Å². The van der Waals surface area contributed by atoms with E-state index in [1.54, 1.807) is 12.1 Å². The smallest absolute Gasteiger partial charge is 0.226 e. The van der Waals surface area contributed by atoms with Crippen molar-refractivity contribution in [2.75, 3.05) is 5.32 Å². The Balaban J connectivity index is 1.79. The highest BCUT2D eigenvalue weighted by atomic mass is 19.1. The average Bonchev–Trinajstić information content (AvgIpc) is 3.08. The molecule has 3 nitrogen and oxygen atoms in total. The summed E-state index contributed by atoms with van der Waals surface area (Å²) in [6.07, 6.45) is 4.09. The molecule has 4 heteroatoms. The Kier molecular flexibility index (Phi) is 4.75. The van der Waals surface area contributed by atoms with Crippen LogP contribution in [0.1, 0.15) is 23.6 Å². The number of nitrogens with one attached hydrogen (secondary N) is 1. The Labute approximate surface area is 140 Å². The summed E-state index contributed by atoms with van der Waals surface area (Å²) in [5.41, 5.74) is 2.77. The lowest BCUT2D eigenvalue weighted by Crippen LogP contribution is -2.19. The molecule has 24 heavy (non-hydrogen) atoms. The number of anilines is 1. The van der Waals surface area contributed by atoms with Crippen LogP contribution in [0, 0.1) is 12.7 Å². The van der Waals surface area contributed by atoms with Crippen LogP contribution >= 0.6 is 0 Å². The van der Waals surface area contributed by atoms with Gasteiger partial charge in [0.2, 0.25) is 5.91 Å². The van der Waals surface area contributed by atoms with Gasteiger partial charge in [-0.2, -0.15) is 0 Å². The van der Waals surface area contributed by atoms with Crippen LogP contribution in [0.4, 0.5) is 10.1 Å². The topological polar surface area (TPSA) is 34.0 Å². The molecule has 1 heterocycles. The van der Waals surface area contributed by atoms with E-state index in [2.05, 4.69) is 5.32 Å². The Morgan fingerprint density at radius 3 is 2.46 bits per heavy atom. The Bertz CT molecular complexity index is 810. The fourth-order valence-corrected chi connectivity index (χ4v) is 2.75. The molecule has 2 aromatic carbocycles. The zero-order valence-corrected chi connectivity index (χ0v) is 13.4. The van der Waals surface area contributed by atoms with Gasteiger partial charge in [-0.3, -0.25) is 4.79 Å². The highest BCUT2D eigenvalue weighted by Gasteiger charge is 2.17. The second-order valence-corrected chi connectivity index (χ2v) is 5.82. The number of halogens is 1.